The van der Waals surface area contributed by atoms with E-state index < -0.39 is 4.92 Å². The standard InChI is InChI=1S/C23H17IN2O4/c1-29-23-12-17(7-10-22(23)30-15-16-5-8-20(24)9-6-16)11-19(14-25)18-3-2-4-21(13-18)26(27)28/h2-13H,15H2,1H3/b19-11-. The maximum absolute atomic E-state index is 11.0. The summed E-state index contributed by atoms with van der Waals surface area (Å²) in [6.45, 7) is 0.402. The first-order valence-corrected chi connectivity index (χ1v) is 10.00. The summed E-state index contributed by atoms with van der Waals surface area (Å²) in [6.07, 6.45) is 1.66. The Balaban J connectivity index is 1.84. The number of methoxy groups -OCH3 is 1. The Morgan fingerprint density at radius 2 is 1.90 bits per heavy atom. The van der Waals surface area contributed by atoms with Crippen molar-refractivity contribution in [2.24, 2.45) is 0 Å². The van der Waals surface area contributed by atoms with Crippen molar-refractivity contribution in [2.75, 3.05) is 7.11 Å². The lowest BCUT2D eigenvalue weighted by Crippen LogP contribution is -1.98. The molecule has 0 bridgehead atoms. The Morgan fingerprint density at radius 3 is 2.57 bits per heavy atom. The Hall–Kier alpha value is -3.38. The molecule has 0 aromatic heterocycles. The van der Waals surface area contributed by atoms with E-state index in [1.165, 1.54) is 12.1 Å². The summed E-state index contributed by atoms with van der Waals surface area (Å²) >= 11 is 2.25. The molecule has 3 aromatic rings. The highest BCUT2D eigenvalue weighted by molar-refractivity contribution is 14.1. The van der Waals surface area contributed by atoms with Crippen molar-refractivity contribution in [3.05, 3.63) is 97.1 Å². The van der Waals surface area contributed by atoms with Crippen molar-refractivity contribution in [2.45, 2.75) is 6.61 Å². The number of hydrogen-bond acceptors (Lipinski definition) is 5. The number of nitro groups is 1. The quantitative estimate of drug-likeness (QED) is 0.130. The van der Waals surface area contributed by atoms with Gasteiger partial charge in [0, 0.05) is 15.7 Å². The van der Waals surface area contributed by atoms with Crippen LogP contribution in [0.2, 0.25) is 0 Å². The minimum Gasteiger partial charge on any atom is -0.493 e. The first-order valence-electron chi connectivity index (χ1n) is 8.92. The Morgan fingerprint density at radius 1 is 1.13 bits per heavy atom. The average molecular weight is 512 g/mol. The molecule has 0 N–H and O–H groups in total. The first-order chi connectivity index (χ1) is 14.5. The molecule has 0 aliphatic carbocycles. The van der Waals surface area contributed by atoms with E-state index in [1.54, 1.807) is 43.5 Å². The number of nitrogens with zero attached hydrogens (tertiary/aromatic N) is 2. The van der Waals surface area contributed by atoms with E-state index in [9.17, 15) is 15.4 Å². The molecule has 6 nitrogen and oxygen atoms in total. The summed E-state index contributed by atoms with van der Waals surface area (Å²) in [6, 6.07) is 21.5. The second kappa shape index (κ2) is 9.89. The third kappa shape index (κ3) is 5.36. The smallest absolute Gasteiger partial charge is 0.270 e. The molecule has 0 atom stereocenters. The molecular formula is C23H17IN2O4. The van der Waals surface area contributed by atoms with Crippen molar-refractivity contribution < 1.29 is 14.4 Å². The predicted octanol–water partition coefficient (Wildman–Crippen LogP) is 5.85. The second-order valence-electron chi connectivity index (χ2n) is 6.30. The fourth-order valence-corrected chi connectivity index (χ4v) is 3.13. The van der Waals surface area contributed by atoms with Gasteiger partial charge in [0.15, 0.2) is 11.5 Å². The molecule has 0 saturated heterocycles. The Bertz CT molecular complexity index is 1130. The molecule has 0 spiro atoms. The van der Waals surface area contributed by atoms with Crippen molar-refractivity contribution in [3.63, 3.8) is 0 Å². The molecule has 0 unspecified atom stereocenters. The number of benzene rings is 3. The van der Waals surface area contributed by atoms with E-state index in [0.29, 0.717) is 29.2 Å². The monoisotopic (exact) mass is 512 g/mol. The third-order valence-electron chi connectivity index (χ3n) is 4.29. The van der Waals surface area contributed by atoms with Gasteiger partial charge < -0.3 is 9.47 Å². The number of nitriles is 1. The van der Waals surface area contributed by atoms with Crippen LogP contribution in [0.1, 0.15) is 16.7 Å². The van der Waals surface area contributed by atoms with Gasteiger partial charge in [0.2, 0.25) is 0 Å². The number of non-ortho nitro benzene ring substituents is 1. The van der Waals surface area contributed by atoms with Gasteiger partial charge in [0.1, 0.15) is 6.61 Å². The minimum atomic E-state index is -0.485. The lowest BCUT2D eigenvalue weighted by atomic mass is 10.0. The highest BCUT2D eigenvalue weighted by atomic mass is 127. The maximum Gasteiger partial charge on any atom is 0.270 e. The summed E-state index contributed by atoms with van der Waals surface area (Å²) in [4.78, 5) is 10.5. The van der Waals surface area contributed by atoms with Gasteiger partial charge in [-0.05, 0) is 69.6 Å². The van der Waals surface area contributed by atoms with E-state index in [0.717, 1.165) is 14.7 Å². The Kier molecular flexibility index (Phi) is 7.03. The number of rotatable bonds is 7. The predicted molar refractivity (Wildman–Crippen MR) is 123 cm³/mol. The highest BCUT2D eigenvalue weighted by Gasteiger charge is 2.10. The molecule has 0 saturated carbocycles. The second-order valence-corrected chi connectivity index (χ2v) is 7.55. The molecule has 7 heteroatoms. The van der Waals surface area contributed by atoms with Crippen molar-refractivity contribution in [3.8, 4) is 17.6 Å². The number of ether oxygens (including phenoxy) is 2. The molecule has 0 aliphatic rings. The third-order valence-corrected chi connectivity index (χ3v) is 5.01. The minimum absolute atomic E-state index is 0.0643. The maximum atomic E-state index is 11.0. The summed E-state index contributed by atoms with van der Waals surface area (Å²) < 4.78 is 12.5. The average Bonchev–Trinajstić information content (AvgIpc) is 2.77. The molecule has 3 rings (SSSR count). The zero-order chi connectivity index (χ0) is 21.5. The van der Waals surface area contributed by atoms with Crippen LogP contribution < -0.4 is 9.47 Å². The largest absolute Gasteiger partial charge is 0.493 e. The lowest BCUT2D eigenvalue weighted by Gasteiger charge is -2.12. The Labute approximate surface area is 187 Å². The highest BCUT2D eigenvalue weighted by Crippen LogP contribution is 2.31. The van der Waals surface area contributed by atoms with Gasteiger partial charge in [-0.15, -0.1) is 0 Å². The van der Waals surface area contributed by atoms with Gasteiger partial charge in [-0.3, -0.25) is 10.1 Å². The molecule has 0 radical (unpaired) electrons. The number of allylic oxidation sites excluding steroid dienone is 1. The normalized spacial score (nSPS) is 10.9. The molecule has 30 heavy (non-hydrogen) atoms. The summed E-state index contributed by atoms with van der Waals surface area (Å²) in [5, 5.41) is 20.5. The zero-order valence-electron chi connectivity index (χ0n) is 16.0. The van der Waals surface area contributed by atoms with Crippen molar-refractivity contribution in [1.29, 1.82) is 5.26 Å². The van der Waals surface area contributed by atoms with E-state index in [2.05, 4.69) is 28.7 Å². The van der Waals surface area contributed by atoms with Crippen LogP contribution >= 0.6 is 22.6 Å². The molecule has 150 valence electrons. The molecule has 3 aromatic carbocycles. The zero-order valence-corrected chi connectivity index (χ0v) is 18.2. The van der Waals surface area contributed by atoms with E-state index >= 15 is 0 Å². The topological polar surface area (TPSA) is 85.4 Å². The van der Waals surface area contributed by atoms with E-state index in [4.69, 9.17) is 9.47 Å². The summed E-state index contributed by atoms with van der Waals surface area (Å²) in [7, 11) is 1.55. The van der Waals surface area contributed by atoms with Gasteiger partial charge >= 0.3 is 0 Å². The number of hydrogen-bond donors (Lipinski definition) is 0. The van der Waals surface area contributed by atoms with Gasteiger partial charge in [0.05, 0.1) is 23.7 Å². The van der Waals surface area contributed by atoms with Crippen LogP contribution in [0.3, 0.4) is 0 Å². The van der Waals surface area contributed by atoms with Crippen LogP contribution in [0.5, 0.6) is 11.5 Å². The fraction of sp³-hybridized carbons (Fsp3) is 0.0870. The van der Waals surface area contributed by atoms with E-state index in [-0.39, 0.29) is 5.69 Å². The van der Waals surface area contributed by atoms with Gasteiger partial charge in [-0.25, -0.2) is 0 Å². The summed E-state index contributed by atoms with van der Waals surface area (Å²) in [5.74, 6) is 1.12. The summed E-state index contributed by atoms with van der Waals surface area (Å²) in [5.41, 5.74) is 2.49. The van der Waals surface area contributed by atoms with Crippen LogP contribution in [0.15, 0.2) is 66.7 Å². The van der Waals surface area contributed by atoms with Crippen LogP contribution in [-0.2, 0) is 6.61 Å². The number of halogens is 1. The SMILES string of the molecule is COc1cc(/C=C(/C#N)c2cccc([N+](=O)[O-])c2)ccc1OCc1ccc(I)cc1. The van der Waals surface area contributed by atoms with Gasteiger partial charge in [0.25, 0.3) is 5.69 Å². The molecule has 0 fully saturated rings. The van der Waals surface area contributed by atoms with Crippen LogP contribution in [0.25, 0.3) is 11.6 Å². The van der Waals surface area contributed by atoms with Crippen LogP contribution in [-0.4, -0.2) is 12.0 Å². The molecular weight excluding hydrogens is 495 g/mol. The van der Waals surface area contributed by atoms with Gasteiger partial charge in [-0.2, -0.15) is 5.26 Å². The lowest BCUT2D eigenvalue weighted by molar-refractivity contribution is -0.384. The fourth-order valence-electron chi connectivity index (χ4n) is 2.77. The van der Waals surface area contributed by atoms with Crippen LogP contribution in [0, 0.1) is 25.0 Å². The first kappa shape index (κ1) is 21.3. The van der Waals surface area contributed by atoms with E-state index in [1.807, 2.05) is 24.3 Å². The van der Waals surface area contributed by atoms with Crippen molar-refractivity contribution >= 4 is 39.9 Å². The van der Waals surface area contributed by atoms with Crippen LogP contribution in [0.4, 0.5) is 5.69 Å². The number of nitro benzene ring substituents is 1. The molecule has 0 aliphatic heterocycles. The van der Waals surface area contributed by atoms with Crippen molar-refractivity contribution in [1.82, 2.24) is 0 Å². The molecule has 0 heterocycles. The molecule has 0 amide bonds. The van der Waals surface area contributed by atoms with Gasteiger partial charge in [-0.1, -0.05) is 30.3 Å².